The first kappa shape index (κ1) is 19.0. The Morgan fingerprint density at radius 1 is 1.10 bits per heavy atom. The molecule has 0 aromatic carbocycles. The Morgan fingerprint density at radius 3 is 2.70 bits per heavy atom. The van der Waals surface area contributed by atoms with E-state index in [-0.39, 0.29) is 17.6 Å². The van der Waals surface area contributed by atoms with Crippen molar-refractivity contribution in [2.75, 3.05) is 16.8 Å². The number of halogens is 3. The van der Waals surface area contributed by atoms with Crippen LogP contribution in [0, 0.1) is 0 Å². The van der Waals surface area contributed by atoms with E-state index in [0.29, 0.717) is 22.8 Å². The standard InChI is InChI=1S/C20H20F3N7/c21-20(22,23)15-13(4-1-8-25-15)10-26-16-14-11-24-12-27-17(14)29-18(28-16)30-9-3-7-19(30)5-2-6-19/h1,4,8,11-12H,2-3,5-7,9-10H2,(H,24,26,27,28,29). The van der Waals surface area contributed by atoms with E-state index in [2.05, 4.69) is 35.1 Å². The van der Waals surface area contributed by atoms with Gasteiger partial charge in [-0.3, -0.25) is 4.98 Å². The summed E-state index contributed by atoms with van der Waals surface area (Å²) in [7, 11) is 0. The van der Waals surface area contributed by atoms with Crippen molar-refractivity contribution in [3.05, 3.63) is 42.1 Å². The summed E-state index contributed by atoms with van der Waals surface area (Å²) in [6.45, 7) is 0.797. The molecular weight excluding hydrogens is 395 g/mol. The summed E-state index contributed by atoms with van der Waals surface area (Å²) < 4.78 is 39.9. The molecule has 1 aliphatic heterocycles. The van der Waals surface area contributed by atoms with Crippen molar-refractivity contribution in [3.8, 4) is 0 Å². The summed E-state index contributed by atoms with van der Waals surface area (Å²) >= 11 is 0. The lowest BCUT2D eigenvalue weighted by molar-refractivity contribution is -0.141. The van der Waals surface area contributed by atoms with Gasteiger partial charge in [0.1, 0.15) is 17.8 Å². The van der Waals surface area contributed by atoms with Crippen LogP contribution in [0.1, 0.15) is 43.4 Å². The molecule has 3 aromatic rings. The highest BCUT2D eigenvalue weighted by Gasteiger charge is 2.46. The van der Waals surface area contributed by atoms with Crippen LogP contribution in [0.25, 0.3) is 11.0 Å². The Balaban J connectivity index is 1.50. The molecule has 0 atom stereocenters. The Hall–Kier alpha value is -3.04. The minimum absolute atomic E-state index is 0.0480. The molecule has 0 bridgehead atoms. The fourth-order valence-electron chi connectivity index (χ4n) is 4.49. The molecule has 30 heavy (non-hydrogen) atoms. The van der Waals surface area contributed by atoms with E-state index in [1.165, 1.54) is 24.9 Å². The van der Waals surface area contributed by atoms with E-state index >= 15 is 0 Å². The number of anilines is 2. The van der Waals surface area contributed by atoms with E-state index in [0.717, 1.165) is 38.4 Å². The van der Waals surface area contributed by atoms with Gasteiger partial charge in [-0.1, -0.05) is 6.07 Å². The maximum atomic E-state index is 13.3. The second-order valence-corrected chi connectivity index (χ2v) is 7.83. The lowest BCUT2D eigenvalue weighted by Crippen LogP contribution is -2.50. The first-order valence-corrected chi connectivity index (χ1v) is 9.97. The number of pyridine rings is 1. The minimum atomic E-state index is -4.52. The van der Waals surface area contributed by atoms with Crippen molar-refractivity contribution in [1.82, 2.24) is 24.9 Å². The first-order chi connectivity index (χ1) is 14.5. The monoisotopic (exact) mass is 415 g/mol. The van der Waals surface area contributed by atoms with Crippen molar-refractivity contribution in [3.63, 3.8) is 0 Å². The van der Waals surface area contributed by atoms with E-state index < -0.39 is 11.9 Å². The highest BCUT2D eigenvalue weighted by Crippen LogP contribution is 2.47. The number of rotatable bonds is 4. The molecule has 1 saturated heterocycles. The number of nitrogens with one attached hydrogen (secondary N) is 1. The molecule has 0 radical (unpaired) electrons. The van der Waals surface area contributed by atoms with Crippen molar-refractivity contribution in [1.29, 1.82) is 0 Å². The summed E-state index contributed by atoms with van der Waals surface area (Å²) in [5.74, 6) is 0.997. The van der Waals surface area contributed by atoms with Gasteiger partial charge < -0.3 is 10.2 Å². The zero-order chi connectivity index (χ0) is 20.8. The molecule has 5 rings (SSSR count). The van der Waals surface area contributed by atoms with Crippen LogP contribution in [0.2, 0.25) is 0 Å². The zero-order valence-electron chi connectivity index (χ0n) is 16.2. The zero-order valence-corrected chi connectivity index (χ0v) is 16.2. The smallest absolute Gasteiger partial charge is 0.365 e. The van der Waals surface area contributed by atoms with Crippen LogP contribution in [0.3, 0.4) is 0 Å². The maximum absolute atomic E-state index is 13.3. The van der Waals surface area contributed by atoms with E-state index in [9.17, 15) is 13.2 Å². The molecule has 10 heteroatoms. The third-order valence-corrected chi connectivity index (χ3v) is 6.09. The molecular formula is C20H20F3N7. The highest BCUT2D eigenvalue weighted by atomic mass is 19.4. The molecule has 1 N–H and O–H groups in total. The van der Waals surface area contributed by atoms with Crippen molar-refractivity contribution >= 4 is 22.8 Å². The number of hydrogen-bond acceptors (Lipinski definition) is 7. The van der Waals surface area contributed by atoms with Gasteiger partial charge in [0, 0.05) is 36.6 Å². The van der Waals surface area contributed by atoms with Gasteiger partial charge in [-0.2, -0.15) is 23.1 Å². The second kappa shape index (κ2) is 7.03. The van der Waals surface area contributed by atoms with Gasteiger partial charge in [0.2, 0.25) is 5.95 Å². The van der Waals surface area contributed by atoms with Gasteiger partial charge in [0.15, 0.2) is 5.65 Å². The van der Waals surface area contributed by atoms with Crippen LogP contribution in [0.5, 0.6) is 0 Å². The fraction of sp³-hybridized carbons (Fsp3) is 0.450. The highest BCUT2D eigenvalue weighted by molar-refractivity contribution is 5.86. The molecule has 4 heterocycles. The van der Waals surface area contributed by atoms with Crippen molar-refractivity contribution in [2.45, 2.75) is 50.4 Å². The molecule has 3 aromatic heterocycles. The minimum Gasteiger partial charge on any atom is -0.365 e. The molecule has 0 unspecified atom stereocenters. The van der Waals surface area contributed by atoms with Gasteiger partial charge in [-0.05, 0) is 38.2 Å². The van der Waals surface area contributed by atoms with Gasteiger partial charge in [0.25, 0.3) is 0 Å². The molecule has 7 nitrogen and oxygen atoms in total. The maximum Gasteiger partial charge on any atom is 0.433 e. The van der Waals surface area contributed by atoms with Crippen LogP contribution in [-0.4, -0.2) is 37.0 Å². The van der Waals surface area contributed by atoms with E-state index in [1.807, 2.05) is 0 Å². The molecule has 1 saturated carbocycles. The Labute approximate surface area is 170 Å². The van der Waals surface area contributed by atoms with E-state index in [4.69, 9.17) is 0 Å². The Bertz CT molecular complexity index is 1080. The predicted molar refractivity (Wildman–Crippen MR) is 105 cm³/mol. The third kappa shape index (κ3) is 3.20. The Morgan fingerprint density at radius 2 is 1.93 bits per heavy atom. The van der Waals surface area contributed by atoms with Gasteiger partial charge >= 0.3 is 6.18 Å². The quantitative estimate of drug-likeness (QED) is 0.691. The summed E-state index contributed by atoms with van der Waals surface area (Å²) in [6, 6.07) is 2.90. The summed E-state index contributed by atoms with van der Waals surface area (Å²) in [5, 5.41) is 3.62. The van der Waals surface area contributed by atoms with Gasteiger partial charge in [0.05, 0.1) is 5.39 Å². The topological polar surface area (TPSA) is 79.7 Å². The molecule has 0 amide bonds. The lowest BCUT2D eigenvalue weighted by Gasteiger charge is -2.45. The van der Waals surface area contributed by atoms with Crippen molar-refractivity contribution < 1.29 is 13.2 Å². The van der Waals surface area contributed by atoms with Crippen LogP contribution >= 0.6 is 0 Å². The van der Waals surface area contributed by atoms with Crippen LogP contribution in [0.4, 0.5) is 24.9 Å². The summed E-state index contributed by atoms with van der Waals surface area (Å²) in [5.41, 5.74) is -0.265. The number of nitrogens with zero attached hydrogens (tertiary/aromatic N) is 6. The van der Waals surface area contributed by atoms with E-state index in [1.54, 1.807) is 6.20 Å². The molecule has 2 aliphatic rings. The van der Waals surface area contributed by atoms with Crippen LogP contribution < -0.4 is 10.2 Å². The molecule has 156 valence electrons. The molecule has 2 fully saturated rings. The van der Waals surface area contributed by atoms with Crippen LogP contribution in [-0.2, 0) is 12.7 Å². The van der Waals surface area contributed by atoms with Gasteiger partial charge in [-0.15, -0.1) is 0 Å². The fourth-order valence-corrected chi connectivity index (χ4v) is 4.49. The Kier molecular flexibility index (Phi) is 4.44. The van der Waals surface area contributed by atoms with Crippen molar-refractivity contribution in [2.24, 2.45) is 0 Å². The lowest BCUT2D eigenvalue weighted by atomic mass is 9.75. The SMILES string of the molecule is FC(F)(F)c1ncccc1CNc1nc(N2CCCC23CCC3)nc2ncncc12. The number of fused-ring (bicyclic) bond motifs is 1. The first-order valence-electron chi connectivity index (χ1n) is 9.97. The number of alkyl halides is 3. The summed E-state index contributed by atoms with van der Waals surface area (Å²) in [4.78, 5) is 23.4. The molecule has 1 spiro atoms. The molecule has 1 aliphatic carbocycles. The van der Waals surface area contributed by atoms with Crippen LogP contribution in [0.15, 0.2) is 30.9 Å². The number of hydrogen-bond donors (Lipinski definition) is 1. The summed E-state index contributed by atoms with van der Waals surface area (Å²) in [6.07, 6.45) is 5.23. The predicted octanol–water partition coefficient (Wildman–Crippen LogP) is 3.97. The normalized spacial score (nSPS) is 18.0. The van der Waals surface area contributed by atoms with Gasteiger partial charge in [-0.25, -0.2) is 9.97 Å². The third-order valence-electron chi connectivity index (χ3n) is 6.09. The average Bonchev–Trinajstić information content (AvgIpc) is 3.17. The second-order valence-electron chi connectivity index (χ2n) is 7.83. The number of aromatic nitrogens is 5. The average molecular weight is 415 g/mol. The largest absolute Gasteiger partial charge is 0.433 e.